The van der Waals surface area contributed by atoms with Gasteiger partial charge in [0.05, 0.1) is 0 Å². The van der Waals surface area contributed by atoms with Gasteiger partial charge in [0.1, 0.15) is 0 Å². The summed E-state index contributed by atoms with van der Waals surface area (Å²) in [6.45, 7) is 4.91. The summed E-state index contributed by atoms with van der Waals surface area (Å²) in [4.78, 5) is 17.9. The molecule has 0 unspecified atom stereocenters. The predicted octanol–water partition coefficient (Wildman–Crippen LogP) is 0.686. The molecule has 0 aromatic carbocycles. The van der Waals surface area contributed by atoms with Crippen molar-refractivity contribution in [3.63, 3.8) is 0 Å². The number of carbonyl (C=O) groups excluding carboxylic acids is 2. The first-order valence-corrected chi connectivity index (χ1v) is 2.05. The van der Waals surface area contributed by atoms with Crippen LogP contribution in [0.3, 0.4) is 0 Å². The largest absolute Gasteiger partial charge is 0.724 e. The Hall–Kier alpha value is 1.13. The Bertz CT molecular complexity index is 99.8. The molecule has 3 nitrogen and oxygen atoms in total. The minimum atomic E-state index is 0. The van der Waals surface area contributed by atoms with Crippen molar-refractivity contribution in [3.05, 3.63) is 12.3 Å². The summed E-state index contributed by atoms with van der Waals surface area (Å²) in [7, 11) is 0. The smallest absolute Gasteiger partial charge is 0 e. The Morgan fingerprint density at radius 3 is 1.70 bits per heavy atom. The average molecular weight is 291 g/mol. The summed E-state index contributed by atoms with van der Waals surface area (Å²) in [6.07, 6.45) is 1.06. The van der Waals surface area contributed by atoms with Crippen LogP contribution in [0.15, 0.2) is 0 Å². The second-order valence-electron chi connectivity index (χ2n) is 0.984. The van der Waals surface area contributed by atoms with E-state index in [1.807, 2.05) is 0 Å². The summed E-state index contributed by atoms with van der Waals surface area (Å²) in [6, 6.07) is 0. The summed E-state index contributed by atoms with van der Waals surface area (Å²) in [5.74, 6) is 0.00463. The predicted molar refractivity (Wildman–Crippen MR) is 29.7 cm³/mol. The Morgan fingerprint density at radius 1 is 1.60 bits per heavy atom. The molecule has 0 bridgehead atoms. The van der Waals surface area contributed by atoms with Crippen molar-refractivity contribution in [2.24, 2.45) is 0 Å². The molecule has 0 saturated heterocycles. The van der Waals surface area contributed by atoms with Crippen LogP contribution in [0.5, 0.6) is 0 Å². The molecule has 0 fully saturated rings. The van der Waals surface area contributed by atoms with E-state index >= 15 is 0 Å². The second-order valence-corrected chi connectivity index (χ2v) is 0.984. The average Bonchev–Trinajstić information content (AvgIpc) is 1.69. The van der Waals surface area contributed by atoms with Gasteiger partial charge in [0.25, 0.3) is 0 Å². The molecule has 0 aliphatic carbocycles. The maximum atomic E-state index is 9.70. The van der Waals surface area contributed by atoms with Gasteiger partial charge in [-0.1, -0.05) is 6.92 Å². The molecule has 0 aromatic rings. The van der Waals surface area contributed by atoms with E-state index in [0.717, 1.165) is 0 Å². The molecule has 0 aliphatic heterocycles. The van der Waals surface area contributed by atoms with E-state index in [-0.39, 0.29) is 71.2 Å². The SMILES string of the molecule is [CH2-]C(=O)CC.[N-]=C=O.[Y].[Y]. The van der Waals surface area contributed by atoms with Crippen LogP contribution in [-0.4, -0.2) is 11.9 Å². The summed E-state index contributed by atoms with van der Waals surface area (Å²) in [5, 5.41) is 6.76. The molecule has 0 heterocycles. The second kappa shape index (κ2) is 22.5. The van der Waals surface area contributed by atoms with Crippen LogP contribution in [-0.2, 0) is 75.0 Å². The molecule has 0 amide bonds. The van der Waals surface area contributed by atoms with Crippen LogP contribution in [0.25, 0.3) is 5.41 Å². The fourth-order valence-electron chi connectivity index (χ4n) is 0. The quantitative estimate of drug-likeness (QED) is 0.405. The topological polar surface area (TPSA) is 56.4 Å². The van der Waals surface area contributed by atoms with Crippen molar-refractivity contribution < 1.29 is 75.0 Å². The van der Waals surface area contributed by atoms with Gasteiger partial charge in [-0.25, -0.2) is 0 Å². The maximum Gasteiger partial charge on any atom is 0 e. The minimum Gasteiger partial charge on any atom is -0.724 e. The molecule has 10 heavy (non-hydrogen) atoms. The molecule has 0 atom stereocenters. The summed E-state index contributed by atoms with van der Waals surface area (Å²) < 4.78 is 0. The number of hydrogen-bond donors (Lipinski definition) is 0. The van der Waals surface area contributed by atoms with E-state index in [9.17, 15) is 4.79 Å². The van der Waals surface area contributed by atoms with Crippen LogP contribution < -0.4 is 0 Å². The molecule has 0 saturated carbocycles. The molecule has 5 heteroatoms. The third kappa shape index (κ3) is 61.6. The van der Waals surface area contributed by atoms with Gasteiger partial charge < -0.3 is 17.1 Å². The van der Waals surface area contributed by atoms with E-state index in [4.69, 9.17) is 10.2 Å². The van der Waals surface area contributed by atoms with Crippen LogP contribution in [0, 0.1) is 6.92 Å². The van der Waals surface area contributed by atoms with Crippen LogP contribution in [0.2, 0.25) is 0 Å². The van der Waals surface area contributed by atoms with Crippen LogP contribution in [0.4, 0.5) is 0 Å². The standard InChI is InChI=1S/C4H7O.CNO.2Y/c1-3-4(2)5;2-1-3;;/h2-3H2,1H3;;;/q2*-1;;. The number of isocyanates is 1. The van der Waals surface area contributed by atoms with E-state index in [2.05, 4.69) is 6.92 Å². The number of Topliss-reactive ketones (excluding diaryl/α,β-unsaturated/α-hetero) is 1. The van der Waals surface area contributed by atoms with Gasteiger partial charge in [0.2, 0.25) is 0 Å². The number of ketones is 1. The molecule has 52 valence electrons. The Kier molecular flexibility index (Phi) is 50.5. The van der Waals surface area contributed by atoms with Crippen molar-refractivity contribution in [1.29, 1.82) is 0 Å². The first-order chi connectivity index (χ1) is 3.68. The van der Waals surface area contributed by atoms with E-state index < -0.39 is 0 Å². The molecule has 0 N–H and O–H groups in total. The summed E-state index contributed by atoms with van der Waals surface area (Å²) in [5.41, 5.74) is 0. The molecular weight excluding hydrogens is 284 g/mol. The van der Waals surface area contributed by atoms with Gasteiger partial charge >= 0.3 is 0 Å². The first-order valence-electron chi connectivity index (χ1n) is 2.05. The zero-order valence-electron chi connectivity index (χ0n) is 5.83. The van der Waals surface area contributed by atoms with Crippen molar-refractivity contribution in [1.82, 2.24) is 0 Å². The van der Waals surface area contributed by atoms with Gasteiger partial charge in [-0.3, -0.25) is 4.79 Å². The molecule has 0 aromatic heterocycles. The third-order valence-corrected chi connectivity index (χ3v) is 0.394. The zero-order chi connectivity index (χ0) is 6.99. The number of nitrogens with zero attached hydrogens (tertiary/aromatic N) is 1. The Morgan fingerprint density at radius 2 is 1.70 bits per heavy atom. The molecular formula is C5H7NO2Y2-2. The molecule has 0 rings (SSSR count). The van der Waals surface area contributed by atoms with Crippen LogP contribution >= 0.6 is 0 Å². The molecule has 2 radical (unpaired) electrons. The van der Waals surface area contributed by atoms with Crippen molar-refractivity contribution >= 4 is 11.9 Å². The zero-order valence-corrected chi connectivity index (χ0v) is 11.5. The van der Waals surface area contributed by atoms with Crippen LogP contribution in [0.1, 0.15) is 13.3 Å². The normalized spacial score (nSPS) is 4.50. The molecule has 0 aliphatic rings. The van der Waals surface area contributed by atoms with E-state index in [1.165, 1.54) is 0 Å². The maximum absolute atomic E-state index is 9.70. The minimum absolute atomic E-state index is 0. The van der Waals surface area contributed by atoms with Crippen molar-refractivity contribution in [3.8, 4) is 0 Å². The fourth-order valence-corrected chi connectivity index (χ4v) is 0. The van der Waals surface area contributed by atoms with E-state index in [0.29, 0.717) is 12.5 Å². The van der Waals surface area contributed by atoms with Gasteiger partial charge in [-0.05, 0) is 18.3 Å². The van der Waals surface area contributed by atoms with Crippen molar-refractivity contribution in [2.45, 2.75) is 13.3 Å². The van der Waals surface area contributed by atoms with Gasteiger partial charge in [-0.2, -0.15) is 0 Å². The number of carbonyl (C=O) groups is 1. The van der Waals surface area contributed by atoms with Crippen molar-refractivity contribution in [2.75, 3.05) is 0 Å². The Labute approximate surface area is 111 Å². The van der Waals surface area contributed by atoms with Gasteiger partial charge in [0.15, 0.2) is 0 Å². The number of rotatable bonds is 1. The number of hydrogen-bond acceptors (Lipinski definition) is 2. The van der Waals surface area contributed by atoms with E-state index in [1.54, 1.807) is 6.92 Å². The fraction of sp³-hybridized carbons (Fsp3) is 0.400. The molecule has 0 spiro atoms. The van der Waals surface area contributed by atoms with Gasteiger partial charge in [0, 0.05) is 65.4 Å². The monoisotopic (exact) mass is 291 g/mol. The Balaban J connectivity index is -0.0000000326. The first kappa shape index (κ1) is 22.5. The third-order valence-electron chi connectivity index (χ3n) is 0.394. The van der Waals surface area contributed by atoms with Gasteiger partial charge in [-0.15, -0.1) is 0 Å². The summed E-state index contributed by atoms with van der Waals surface area (Å²) >= 11 is 0.